The number of nitrogens with zero attached hydrogens (tertiary/aromatic N) is 2. The molecule has 0 aliphatic heterocycles. The zero-order chi connectivity index (χ0) is 21.3. The summed E-state index contributed by atoms with van der Waals surface area (Å²) >= 11 is -1.85. The van der Waals surface area contributed by atoms with Crippen molar-refractivity contribution in [2.45, 2.75) is 9.90 Å². The highest BCUT2D eigenvalue weighted by atomic mass is 32.2. The summed E-state index contributed by atoms with van der Waals surface area (Å²) in [7, 11) is 1.71. The van der Waals surface area contributed by atoms with E-state index in [4.69, 9.17) is 0 Å². The smallest absolute Gasteiger partial charge is 0.324 e. The molecule has 0 spiro atoms. The fourth-order valence-electron chi connectivity index (χ4n) is 3.54. The van der Waals surface area contributed by atoms with Crippen LogP contribution in [0.3, 0.4) is 0 Å². The SMILES string of the molecule is Cn1ccnc1[S+]([O-])C(c1ccc(F)cc1)(c1ccc(F)cc1)c1ccc(F)cc1. The number of aromatic nitrogens is 2. The molecule has 3 aromatic carbocycles. The third-order valence-electron chi connectivity index (χ3n) is 4.97. The van der Waals surface area contributed by atoms with Crippen LogP contribution in [0, 0.1) is 17.5 Å². The van der Waals surface area contributed by atoms with Gasteiger partial charge in [0, 0.05) is 41.1 Å². The average molecular weight is 426 g/mol. The Labute approximate surface area is 175 Å². The number of hydrogen-bond acceptors (Lipinski definition) is 2. The highest BCUT2D eigenvalue weighted by Crippen LogP contribution is 2.46. The van der Waals surface area contributed by atoms with Crippen LogP contribution in [0.5, 0.6) is 0 Å². The molecule has 1 atom stereocenters. The summed E-state index contributed by atoms with van der Waals surface area (Å²) in [5, 5.41) is 0.271. The van der Waals surface area contributed by atoms with E-state index in [0.29, 0.717) is 16.7 Å². The van der Waals surface area contributed by atoms with E-state index in [9.17, 15) is 17.7 Å². The van der Waals surface area contributed by atoms with Gasteiger partial charge in [-0.1, -0.05) is 36.4 Å². The Hall–Kier alpha value is -3.03. The van der Waals surface area contributed by atoms with E-state index in [0.717, 1.165) is 0 Å². The van der Waals surface area contributed by atoms with Crippen molar-refractivity contribution in [2.24, 2.45) is 7.05 Å². The van der Waals surface area contributed by atoms with Crippen LogP contribution in [-0.4, -0.2) is 14.1 Å². The van der Waals surface area contributed by atoms with Gasteiger partial charge in [0.1, 0.15) is 17.5 Å². The van der Waals surface area contributed by atoms with Crippen LogP contribution in [0.4, 0.5) is 13.2 Å². The molecule has 7 heteroatoms. The van der Waals surface area contributed by atoms with Gasteiger partial charge in [-0.05, 0) is 36.4 Å². The van der Waals surface area contributed by atoms with Gasteiger partial charge in [0.05, 0.1) is 6.20 Å². The Balaban J connectivity index is 2.09. The molecule has 30 heavy (non-hydrogen) atoms. The number of benzene rings is 3. The second-order valence-corrected chi connectivity index (χ2v) is 8.31. The topological polar surface area (TPSA) is 40.9 Å². The fourth-order valence-corrected chi connectivity index (χ4v) is 5.35. The van der Waals surface area contributed by atoms with Crippen LogP contribution >= 0.6 is 0 Å². The zero-order valence-electron chi connectivity index (χ0n) is 15.9. The highest BCUT2D eigenvalue weighted by molar-refractivity contribution is 7.92. The van der Waals surface area contributed by atoms with E-state index in [1.54, 1.807) is 17.8 Å². The van der Waals surface area contributed by atoms with Crippen LogP contribution in [0.25, 0.3) is 0 Å². The quantitative estimate of drug-likeness (QED) is 0.335. The summed E-state index contributed by atoms with van der Waals surface area (Å²) in [6, 6.07) is 16.8. The lowest BCUT2D eigenvalue weighted by Gasteiger charge is -2.35. The molecule has 3 nitrogen and oxygen atoms in total. The molecule has 1 heterocycles. The Morgan fingerprint density at radius 1 is 0.733 bits per heavy atom. The maximum absolute atomic E-state index is 14.2. The van der Waals surface area contributed by atoms with Crippen molar-refractivity contribution in [2.75, 3.05) is 0 Å². The molecule has 0 saturated heterocycles. The maximum Gasteiger partial charge on any atom is 0.324 e. The van der Waals surface area contributed by atoms with Crippen LogP contribution in [0.2, 0.25) is 0 Å². The summed E-state index contributed by atoms with van der Waals surface area (Å²) in [6.45, 7) is 0. The molecular formula is C23H17F3N2OS. The van der Waals surface area contributed by atoms with Crippen molar-refractivity contribution in [3.8, 4) is 0 Å². The standard InChI is InChI=1S/C23H17F3N2OS/c1-28-15-14-27-22(28)30(29)23(16-2-8-19(24)9-3-16,17-4-10-20(25)11-5-17)18-6-12-21(26)13-7-18/h2-15H,1H3. The molecule has 4 rings (SSSR count). The van der Waals surface area contributed by atoms with E-state index < -0.39 is 33.4 Å². The summed E-state index contributed by atoms with van der Waals surface area (Å²) in [4.78, 5) is 4.25. The van der Waals surface area contributed by atoms with Crippen LogP contribution in [-0.2, 0) is 23.0 Å². The fraction of sp³-hybridized carbons (Fsp3) is 0.0870. The third-order valence-corrected chi connectivity index (χ3v) is 6.96. The second-order valence-electron chi connectivity index (χ2n) is 6.79. The first-order valence-electron chi connectivity index (χ1n) is 9.10. The van der Waals surface area contributed by atoms with Gasteiger partial charge in [-0.3, -0.25) is 4.57 Å². The summed E-state index contributed by atoms with van der Waals surface area (Å²) in [6.07, 6.45) is 3.19. The lowest BCUT2D eigenvalue weighted by atomic mass is 9.84. The second kappa shape index (κ2) is 8.01. The molecule has 152 valence electrons. The van der Waals surface area contributed by atoms with Crippen molar-refractivity contribution in [3.05, 3.63) is 119 Å². The van der Waals surface area contributed by atoms with Gasteiger partial charge in [-0.2, -0.15) is 4.98 Å². The predicted octanol–water partition coefficient (Wildman–Crippen LogP) is 4.94. The van der Waals surface area contributed by atoms with E-state index in [1.165, 1.54) is 79.0 Å². The lowest BCUT2D eigenvalue weighted by Crippen LogP contribution is -2.40. The monoisotopic (exact) mass is 426 g/mol. The maximum atomic E-state index is 14.2. The molecule has 0 aliphatic carbocycles. The number of imidazole rings is 1. The molecule has 1 aromatic heterocycles. The molecule has 1 unspecified atom stereocenters. The normalized spacial score (nSPS) is 12.7. The van der Waals surface area contributed by atoms with Crippen LogP contribution < -0.4 is 0 Å². The predicted molar refractivity (Wildman–Crippen MR) is 109 cm³/mol. The van der Waals surface area contributed by atoms with E-state index in [2.05, 4.69) is 4.98 Å². The van der Waals surface area contributed by atoms with Crippen molar-refractivity contribution in [3.63, 3.8) is 0 Å². The molecule has 0 radical (unpaired) electrons. The number of halogens is 3. The number of hydrogen-bond donors (Lipinski definition) is 0. The minimum absolute atomic E-state index is 0.271. The van der Waals surface area contributed by atoms with E-state index in [-0.39, 0.29) is 5.16 Å². The molecule has 0 fully saturated rings. The Kier molecular flexibility index (Phi) is 5.40. The van der Waals surface area contributed by atoms with Crippen molar-refractivity contribution in [1.82, 2.24) is 9.55 Å². The highest BCUT2D eigenvalue weighted by Gasteiger charge is 2.50. The minimum Gasteiger partial charge on any atom is -0.608 e. The first kappa shape index (κ1) is 20.3. The van der Waals surface area contributed by atoms with Crippen LogP contribution in [0.15, 0.2) is 90.3 Å². The molecule has 0 saturated carbocycles. The first-order chi connectivity index (χ1) is 14.4. The lowest BCUT2D eigenvalue weighted by molar-refractivity contribution is 0.552. The molecule has 0 amide bonds. The van der Waals surface area contributed by atoms with Crippen molar-refractivity contribution >= 4 is 11.2 Å². The summed E-state index contributed by atoms with van der Waals surface area (Å²) in [5.41, 5.74) is 1.51. The summed E-state index contributed by atoms with van der Waals surface area (Å²) in [5.74, 6) is -1.35. The van der Waals surface area contributed by atoms with Gasteiger partial charge in [0.25, 0.3) is 0 Å². The van der Waals surface area contributed by atoms with Crippen molar-refractivity contribution < 1.29 is 17.7 Å². The van der Waals surface area contributed by atoms with Gasteiger partial charge in [-0.25, -0.2) is 13.2 Å². The number of aryl methyl sites for hydroxylation is 1. The minimum atomic E-state index is -1.85. The van der Waals surface area contributed by atoms with E-state index in [1.807, 2.05) is 0 Å². The van der Waals surface area contributed by atoms with Gasteiger partial charge in [-0.15, -0.1) is 0 Å². The van der Waals surface area contributed by atoms with Gasteiger partial charge in [0.15, 0.2) is 0 Å². The Bertz CT molecular complexity index is 1030. The van der Waals surface area contributed by atoms with Gasteiger partial charge in [0.2, 0.25) is 4.75 Å². The molecular weight excluding hydrogens is 409 g/mol. The van der Waals surface area contributed by atoms with Crippen molar-refractivity contribution in [1.29, 1.82) is 0 Å². The molecule has 0 aliphatic rings. The first-order valence-corrected chi connectivity index (χ1v) is 10.2. The summed E-state index contributed by atoms with van der Waals surface area (Å²) < 4.78 is 55.6. The zero-order valence-corrected chi connectivity index (χ0v) is 16.7. The van der Waals surface area contributed by atoms with Gasteiger partial charge >= 0.3 is 5.16 Å². The van der Waals surface area contributed by atoms with Crippen LogP contribution in [0.1, 0.15) is 16.7 Å². The molecule has 4 aromatic rings. The van der Waals surface area contributed by atoms with Gasteiger partial charge < -0.3 is 4.55 Å². The largest absolute Gasteiger partial charge is 0.608 e. The van der Waals surface area contributed by atoms with E-state index >= 15 is 0 Å². The Morgan fingerprint density at radius 2 is 1.10 bits per heavy atom. The average Bonchev–Trinajstić information content (AvgIpc) is 3.18. The third kappa shape index (κ3) is 3.40. The Morgan fingerprint density at radius 3 is 1.40 bits per heavy atom. The molecule has 0 bridgehead atoms. The number of rotatable bonds is 5. The molecule has 0 N–H and O–H groups in total.